The number of nitrogens with two attached hydrogens (primary N) is 2. The number of hydrogen-bond acceptors (Lipinski definition) is 10. The number of carbonyl (C=O) groups excluding carboxylic acids is 4. The summed E-state index contributed by atoms with van der Waals surface area (Å²) in [7, 11) is 1.65. The van der Waals surface area contributed by atoms with Crippen molar-refractivity contribution in [3.8, 4) is 0 Å². The van der Waals surface area contributed by atoms with Crippen molar-refractivity contribution in [2.24, 2.45) is 11.7 Å². The fourth-order valence-corrected chi connectivity index (χ4v) is 3.02. The predicted octanol–water partition coefficient (Wildman–Crippen LogP) is 3.45. The number of hydrogen-bond donors (Lipinski definition) is 3. The van der Waals surface area contributed by atoms with Crippen LogP contribution in [0, 0.1) is 0 Å². The maximum atomic E-state index is 12.3. The van der Waals surface area contributed by atoms with Crippen LogP contribution in [-0.4, -0.2) is 83.6 Å². The average molecular weight is 569 g/mol. The molecule has 3 rings (SSSR count). The highest BCUT2D eigenvalue weighted by molar-refractivity contribution is 6.21. The molecule has 1 aromatic carbocycles. The molecule has 0 aliphatic carbocycles. The van der Waals surface area contributed by atoms with E-state index in [1.807, 2.05) is 0 Å². The van der Waals surface area contributed by atoms with E-state index in [1.54, 1.807) is 86.7 Å². The van der Waals surface area contributed by atoms with Crippen LogP contribution in [0.2, 0.25) is 0 Å². The van der Waals surface area contributed by atoms with E-state index >= 15 is 0 Å². The molecular weight excluding hydrogens is 520 g/mol. The van der Waals surface area contributed by atoms with Gasteiger partial charge in [-0.1, -0.05) is 12.1 Å². The van der Waals surface area contributed by atoms with Crippen molar-refractivity contribution in [2.45, 2.75) is 79.4 Å². The Labute approximate surface area is 238 Å². The van der Waals surface area contributed by atoms with Crippen LogP contribution < -0.4 is 17.1 Å². The molecule has 1 saturated heterocycles. The number of nitrogens with one attached hydrogen (secondary N) is 1. The third-order valence-corrected chi connectivity index (χ3v) is 4.71. The topological polar surface area (TPSA) is 170 Å². The van der Waals surface area contributed by atoms with Crippen LogP contribution in [0.4, 0.5) is 9.59 Å². The molecule has 13 nitrogen and oxygen atoms in total. The van der Waals surface area contributed by atoms with Crippen molar-refractivity contribution in [3.05, 3.63) is 35.4 Å². The highest BCUT2D eigenvalue weighted by Crippen LogP contribution is 2.25. The Hall–Kier alpha value is -3.26. The van der Waals surface area contributed by atoms with Gasteiger partial charge in [0.25, 0.3) is 11.8 Å². The molecule has 40 heavy (non-hydrogen) atoms. The van der Waals surface area contributed by atoms with E-state index in [4.69, 9.17) is 20.1 Å². The SMILES string of the molecule is C1CCOC1.CCN(C(=O)OC(C)(C)C)N1C(=O)c2ccccc2C1=O.CCN(N)C(=O)OC(C)(C)C.CNN. The molecule has 2 aliphatic rings. The minimum atomic E-state index is -0.723. The van der Waals surface area contributed by atoms with Crippen LogP contribution in [0.5, 0.6) is 0 Å². The van der Waals surface area contributed by atoms with Crippen LogP contribution in [0.15, 0.2) is 24.3 Å². The fourth-order valence-electron chi connectivity index (χ4n) is 3.02. The van der Waals surface area contributed by atoms with Gasteiger partial charge in [-0.3, -0.25) is 20.9 Å². The highest BCUT2D eigenvalue weighted by atomic mass is 16.6. The summed E-state index contributed by atoms with van der Waals surface area (Å²) < 4.78 is 15.1. The van der Waals surface area contributed by atoms with Gasteiger partial charge in [0.15, 0.2) is 0 Å². The number of rotatable bonds is 3. The monoisotopic (exact) mass is 568 g/mol. The minimum absolute atomic E-state index is 0.153. The third kappa shape index (κ3) is 13.2. The second-order valence-corrected chi connectivity index (χ2v) is 10.5. The van der Waals surface area contributed by atoms with Gasteiger partial charge in [-0.2, -0.15) is 5.01 Å². The lowest BCUT2D eigenvalue weighted by molar-refractivity contribution is -0.0268. The molecule has 2 aliphatic heterocycles. The first kappa shape index (κ1) is 36.7. The van der Waals surface area contributed by atoms with Crippen molar-refractivity contribution >= 4 is 24.0 Å². The van der Waals surface area contributed by atoms with Gasteiger partial charge in [0.2, 0.25) is 0 Å². The summed E-state index contributed by atoms with van der Waals surface area (Å²) in [6.45, 7) is 16.6. The summed E-state index contributed by atoms with van der Waals surface area (Å²) in [4.78, 5) is 47.8. The largest absolute Gasteiger partial charge is 0.443 e. The van der Waals surface area contributed by atoms with E-state index in [-0.39, 0.29) is 6.54 Å². The summed E-state index contributed by atoms with van der Waals surface area (Å²) in [5, 5.41) is 2.90. The summed E-state index contributed by atoms with van der Waals surface area (Å²) in [6.07, 6.45) is 1.35. The van der Waals surface area contributed by atoms with Gasteiger partial charge in [-0.05, 0) is 87.4 Å². The average Bonchev–Trinajstić information content (AvgIpc) is 3.51. The predicted molar refractivity (Wildman–Crippen MR) is 152 cm³/mol. The Morgan fingerprint density at radius 2 is 1.30 bits per heavy atom. The first-order chi connectivity index (χ1) is 18.5. The normalized spacial score (nSPS) is 13.9. The van der Waals surface area contributed by atoms with Gasteiger partial charge in [0, 0.05) is 26.3 Å². The van der Waals surface area contributed by atoms with Crippen LogP contribution >= 0.6 is 0 Å². The number of fused-ring (bicyclic) bond motifs is 1. The number of nitrogens with zero attached hydrogens (tertiary/aromatic N) is 3. The Kier molecular flexibility index (Phi) is 16.0. The van der Waals surface area contributed by atoms with Gasteiger partial charge < -0.3 is 14.2 Å². The highest BCUT2D eigenvalue weighted by Gasteiger charge is 2.41. The zero-order valence-corrected chi connectivity index (χ0v) is 25.4. The van der Waals surface area contributed by atoms with Gasteiger partial charge in [-0.15, -0.1) is 0 Å². The van der Waals surface area contributed by atoms with E-state index in [1.165, 1.54) is 12.8 Å². The molecule has 228 valence electrons. The van der Waals surface area contributed by atoms with E-state index in [2.05, 4.69) is 11.3 Å². The smallest absolute Gasteiger partial charge is 0.429 e. The van der Waals surface area contributed by atoms with Crippen molar-refractivity contribution in [1.29, 1.82) is 0 Å². The number of imide groups is 1. The third-order valence-electron chi connectivity index (χ3n) is 4.71. The van der Waals surface area contributed by atoms with E-state index < -0.39 is 35.2 Å². The molecule has 0 bridgehead atoms. The number of amides is 4. The molecule has 1 aromatic rings. The lowest BCUT2D eigenvalue weighted by Gasteiger charge is -2.31. The van der Waals surface area contributed by atoms with Gasteiger partial charge >= 0.3 is 12.2 Å². The molecular formula is C27H48N6O7. The molecule has 0 saturated carbocycles. The Bertz CT molecular complexity index is 913. The lowest BCUT2D eigenvalue weighted by Crippen LogP contribution is -2.51. The van der Waals surface area contributed by atoms with Crippen molar-refractivity contribution in [1.82, 2.24) is 20.5 Å². The van der Waals surface area contributed by atoms with Crippen molar-refractivity contribution in [2.75, 3.05) is 33.4 Å². The maximum absolute atomic E-state index is 12.3. The standard InChI is InChI=1S/C15H18N2O4.C7H16N2O2.C4H8O.CH6N2/c1-5-16(14(20)21-15(2,3)4)17-12(18)10-8-6-7-9-11(10)13(17)19;1-5-9(8)6(10)11-7(2,3)4;1-2-4-5-3-1;1-3-2/h6-9H,5H2,1-4H3;5,8H2,1-4H3;1-4H2;3H,2H2,1H3. The second kappa shape index (κ2) is 17.4. The zero-order chi connectivity index (χ0) is 31.1. The molecule has 2 heterocycles. The quantitative estimate of drug-likeness (QED) is 0.212. The molecule has 0 radical (unpaired) electrons. The second-order valence-electron chi connectivity index (χ2n) is 10.5. The first-order valence-corrected chi connectivity index (χ1v) is 13.2. The molecule has 0 unspecified atom stereocenters. The van der Waals surface area contributed by atoms with Crippen LogP contribution in [0.25, 0.3) is 0 Å². The molecule has 5 N–H and O–H groups in total. The van der Waals surface area contributed by atoms with Crippen molar-refractivity contribution in [3.63, 3.8) is 0 Å². The molecule has 0 atom stereocenters. The molecule has 0 aromatic heterocycles. The van der Waals surface area contributed by atoms with Gasteiger partial charge in [0.1, 0.15) is 11.2 Å². The Morgan fingerprint density at radius 1 is 0.900 bits per heavy atom. The molecule has 13 heteroatoms. The maximum Gasteiger partial charge on any atom is 0.429 e. The molecule has 4 amide bonds. The minimum Gasteiger partial charge on any atom is -0.443 e. The first-order valence-electron chi connectivity index (χ1n) is 13.2. The Balaban J connectivity index is 0.000000663. The number of carbonyl (C=O) groups is 4. The van der Waals surface area contributed by atoms with Gasteiger partial charge in [-0.25, -0.2) is 25.4 Å². The summed E-state index contributed by atoms with van der Waals surface area (Å²) in [5.74, 6) is 8.86. The Morgan fingerprint density at radius 3 is 1.60 bits per heavy atom. The summed E-state index contributed by atoms with van der Waals surface area (Å²) in [6, 6.07) is 6.49. The van der Waals surface area contributed by atoms with Crippen LogP contribution in [0.3, 0.4) is 0 Å². The summed E-state index contributed by atoms with van der Waals surface area (Å²) >= 11 is 0. The van der Waals surface area contributed by atoms with E-state index in [0.717, 1.165) is 28.2 Å². The summed E-state index contributed by atoms with van der Waals surface area (Å²) in [5.41, 5.74) is 1.67. The lowest BCUT2D eigenvalue weighted by atomic mass is 10.1. The number of hydrazine groups is 3. The number of ether oxygens (including phenoxy) is 3. The number of benzene rings is 1. The van der Waals surface area contributed by atoms with Gasteiger partial charge in [0.05, 0.1) is 11.1 Å². The van der Waals surface area contributed by atoms with Crippen molar-refractivity contribution < 1.29 is 33.4 Å². The van der Waals surface area contributed by atoms with Crippen LogP contribution in [0.1, 0.15) is 88.9 Å². The molecule has 1 fully saturated rings. The van der Waals surface area contributed by atoms with E-state index in [0.29, 0.717) is 17.7 Å². The fraction of sp³-hybridized carbons (Fsp3) is 0.630. The van der Waals surface area contributed by atoms with E-state index in [9.17, 15) is 19.2 Å². The molecule has 0 spiro atoms. The van der Waals surface area contributed by atoms with Crippen LogP contribution in [-0.2, 0) is 14.2 Å². The zero-order valence-electron chi connectivity index (χ0n) is 25.4.